The Bertz CT molecular complexity index is 902. The molecule has 7 heteroatoms. The summed E-state index contributed by atoms with van der Waals surface area (Å²) >= 11 is 2.89. The lowest BCUT2D eigenvalue weighted by atomic mass is 10.3. The van der Waals surface area contributed by atoms with E-state index in [9.17, 15) is 13.2 Å². The molecular weight excluding hydrogens is 374 g/mol. The molecule has 0 radical (unpaired) electrons. The number of benzene rings is 1. The highest BCUT2D eigenvalue weighted by molar-refractivity contribution is 7.91. The minimum Gasteiger partial charge on any atom is -0.354 e. The van der Waals surface area contributed by atoms with Crippen LogP contribution in [0, 0.1) is 0 Å². The second-order valence-electron chi connectivity index (χ2n) is 5.42. The van der Waals surface area contributed by atoms with Gasteiger partial charge in [-0.05, 0) is 35.0 Å². The predicted octanol–water partition coefficient (Wildman–Crippen LogP) is 3.68. The summed E-state index contributed by atoms with van der Waals surface area (Å²) in [5.41, 5.74) is 0. The fourth-order valence-corrected chi connectivity index (χ4v) is 5.96. The van der Waals surface area contributed by atoms with Crippen molar-refractivity contribution in [2.45, 2.75) is 16.6 Å². The predicted molar refractivity (Wildman–Crippen MR) is 102 cm³/mol. The van der Waals surface area contributed by atoms with Gasteiger partial charge in [-0.2, -0.15) is 0 Å². The summed E-state index contributed by atoms with van der Waals surface area (Å²) in [5, 5.41) is 5.75. The second-order valence-corrected chi connectivity index (χ2v) is 9.56. The molecule has 0 saturated carbocycles. The van der Waals surface area contributed by atoms with Crippen molar-refractivity contribution in [2.24, 2.45) is 0 Å². The van der Waals surface area contributed by atoms with Gasteiger partial charge in [0.25, 0.3) is 0 Å². The molecule has 3 aromatic rings. The van der Waals surface area contributed by atoms with Crippen molar-refractivity contribution >= 4 is 38.4 Å². The number of sulfone groups is 1. The zero-order valence-corrected chi connectivity index (χ0v) is 15.7. The molecule has 1 N–H and O–H groups in total. The van der Waals surface area contributed by atoms with E-state index >= 15 is 0 Å². The van der Waals surface area contributed by atoms with E-state index in [1.165, 1.54) is 22.7 Å². The van der Waals surface area contributed by atoms with Crippen molar-refractivity contribution in [3.05, 3.63) is 75.1 Å². The van der Waals surface area contributed by atoms with Crippen molar-refractivity contribution in [3.8, 4) is 0 Å². The van der Waals surface area contributed by atoms with Gasteiger partial charge >= 0.3 is 0 Å². The van der Waals surface area contributed by atoms with Crippen LogP contribution in [0.5, 0.6) is 0 Å². The molecule has 0 aliphatic heterocycles. The molecule has 4 nitrogen and oxygen atoms in total. The molecule has 0 saturated heterocycles. The van der Waals surface area contributed by atoms with Crippen LogP contribution in [0.1, 0.15) is 15.0 Å². The molecular formula is C18H17NO3S3. The number of carbonyl (C=O) groups excluding carboxylic acids is 1. The van der Waals surface area contributed by atoms with Gasteiger partial charge in [-0.1, -0.05) is 30.3 Å². The zero-order chi connectivity index (χ0) is 17.7. The molecule has 0 spiro atoms. The molecule has 0 aliphatic rings. The minimum atomic E-state index is -3.58. The van der Waals surface area contributed by atoms with Gasteiger partial charge in [0.15, 0.2) is 9.84 Å². The van der Waals surface area contributed by atoms with Crippen LogP contribution in [0.15, 0.2) is 70.3 Å². The molecule has 0 fully saturated rings. The van der Waals surface area contributed by atoms with Crippen molar-refractivity contribution in [1.29, 1.82) is 0 Å². The number of hydrogen-bond donors (Lipinski definition) is 1. The molecule has 25 heavy (non-hydrogen) atoms. The van der Waals surface area contributed by atoms with Crippen LogP contribution >= 0.6 is 22.7 Å². The summed E-state index contributed by atoms with van der Waals surface area (Å²) in [6.07, 6.45) is 0.264. The summed E-state index contributed by atoms with van der Waals surface area (Å²) in [6, 6.07) is 15.8. The van der Waals surface area contributed by atoms with E-state index in [1.807, 2.05) is 29.0 Å². The molecule has 1 unspecified atom stereocenters. The van der Waals surface area contributed by atoms with E-state index in [-0.39, 0.29) is 23.8 Å². The number of hydrogen-bond acceptors (Lipinski definition) is 5. The van der Waals surface area contributed by atoms with Gasteiger partial charge < -0.3 is 5.32 Å². The molecule has 1 aromatic carbocycles. The van der Waals surface area contributed by atoms with Crippen molar-refractivity contribution < 1.29 is 13.2 Å². The largest absolute Gasteiger partial charge is 0.354 e. The first-order valence-electron chi connectivity index (χ1n) is 7.69. The van der Waals surface area contributed by atoms with E-state index in [0.717, 1.165) is 9.75 Å². The molecule has 1 amide bonds. The Kier molecular flexibility index (Phi) is 5.67. The standard InChI is InChI=1S/C18H17NO3S3/c20-18(12-14-6-4-10-23-14)19-13-17(16-9-5-11-24-16)25(21,22)15-7-2-1-3-8-15/h1-11,17H,12-13H2,(H,19,20). The maximum absolute atomic E-state index is 13.0. The zero-order valence-electron chi connectivity index (χ0n) is 13.3. The van der Waals surface area contributed by atoms with Crippen LogP contribution in [0.3, 0.4) is 0 Å². The van der Waals surface area contributed by atoms with Crippen LogP contribution < -0.4 is 5.32 Å². The minimum absolute atomic E-state index is 0.0575. The lowest BCUT2D eigenvalue weighted by Crippen LogP contribution is -2.32. The van der Waals surface area contributed by atoms with Gasteiger partial charge in [-0.25, -0.2) is 8.42 Å². The lowest BCUT2D eigenvalue weighted by molar-refractivity contribution is -0.120. The van der Waals surface area contributed by atoms with Gasteiger partial charge in [0.2, 0.25) is 5.91 Å². The van der Waals surface area contributed by atoms with E-state index in [0.29, 0.717) is 0 Å². The molecule has 3 rings (SSSR count). The number of amides is 1. The van der Waals surface area contributed by atoms with Gasteiger partial charge in [-0.3, -0.25) is 4.79 Å². The van der Waals surface area contributed by atoms with E-state index in [4.69, 9.17) is 0 Å². The number of nitrogens with one attached hydrogen (secondary N) is 1. The number of thiophene rings is 2. The Morgan fingerprint density at radius 3 is 2.32 bits per heavy atom. The monoisotopic (exact) mass is 391 g/mol. The van der Waals surface area contributed by atoms with Crippen LogP contribution in [-0.2, 0) is 21.1 Å². The van der Waals surface area contributed by atoms with Crippen molar-refractivity contribution in [3.63, 3.8) is 0 Å². The Morgan fingerprint density at radius 2 is 1.68 bits per heavy atom. The molecule has 130 valence electrons. The quantitative estimate of drug-likeness (QED) is 0.668. The van der Waals surface area contributed by atoms with Crippen LogP contribution in [0.25, 0.3) is 0 Å². The van der Waals surface area contributed by atoms with Crippen molar-refractivity contribution in [2.75, 3.05) is 6.54 Å². The lowest BCUT2D eigenvalue weighted by Gasteiger charge is -2.17. The third-order valence-corrected chi connectivity index (χ3v) is 7.82. The van der Waals surface area contributed by atoms with Crippen LogP contribution in [-0.4, -0.2) is 20.9 Å². The van der Waals surface area contributed by atoms with Crippen LogP contribution in [0.2, 0.25) is 0 Å². The Balaban J connectivity index is 1.78. The van der Waals surface area contributed by atoms with Gasteiger partial charge in [0.1, 0.15) is 5.25 Å². The summed E-state index contributed by atoms with van der Waals surface area (Å²) < 4.78 is 26.0. The molecule has 0 bridgehead atoms. The first kappa shape index (κ1) is 17.8. The number of carbonyl (C=O) groups is 1. The third kappa shape index (κ3) is 4.36. The Labute approximate surface area is 155 Å². The van der Waals surface area contributed by atoms with Gasteiger partial charge in [0, 0.05) is 16.3 Å². The fourth-order valence-electron chi connectivity index (χ4n) is 2.45. The maximum Gasteiger partial charge on any atom is 0.225 e. The van der Waals surface area contributed by atoms with Crippen molar-refractivity contribution in [1.82, 2.24) is 5.32 Å². The van der Waals surface area contributed by atoms with E-state index < -0.39 is 15.1 Å². The third-order valence-electron chi connectivity index (χ3n) is 3.71. The second kappa shape index (κ2) is 7.95. The average molecular weight is 392 g/mol. The first-order valence-corrected chi connectivity index (χ1v) is 11.0. The maximum atomic E-state index is 13.0. The summed E-state index contributed by atoms with van der Waals surface area (Å²) in [4.78, 5) is 14.1. The van der Waals surface area contributed by atoms with Gasteiger partial charge in [-0.15, -0.1) is 22.7 Å². The number of rotatable bonds is 7. The first-order chi connectivity index (χ1) is 12.1. The highest BCUT2D eigenvalue weighted by Crippen LogP contribution is 2.31. The molecule has 1 atom stereocenters. The Morgan fingerprint density at radius 1 is 0.960 bits per heavy atom. The highest BCUT2D eigenvalue weighted by atomic mass is 32.2. The molecule has 2 heterocycles. The molecule has 2 aromatic heterocycles. The summed E-state index contributed by atoms with van der Waals surface area (Å²) in [6.45, 7) is 0.0575. The van der Waals surface area contributed by atoms with E-state index in [2.05, 4.69) is 5.32 Å². The fraction of sp³-hybridized carbons (Fsp3) is 0.167. The average Bonchev–Trinajstić information content (AvgIpc) is 3.30. The van der Waals surface area contributed by atoms with Gasteiger partial charge in [0.05, 0.1) is 11.3 Å². The summed E-state index contributed by atoms with van der Waals surface area (Å²) in [7, 11) is -3.58. The normalized spacial score (nSPS) is 12.6. The van der Waals surface area contributed by atoms with Crippen LogP contribution in [0.4, 0.5) is 0 Å². The smallest absolute Gasteiger partial charge is 0.225 e. The summed E-state index contributed by atoms with van der Waals surface area (Å²) in [5.74, 6) is -0.174. The Hall–Kier alpha value is -1.96. The highest BCUT2D eigenvalue weighted by Gasteiger charge is 2.30. The van der Waals surface area contributed by atoms with E-state index in [1.54, 1.807) is 36.4 Å². The topological polar surface area (TPSA) is 63.2 Å². The SMILES string of the molecule is O=C(Cc1cccs1)NCC(c1cccs1)S(=O)(=O)c1ccccc1. The molecule has 0 aliphatic carbocycles.